The van der Waals surface area contributed by atoms with Gasteiger partial charge in [0.15, 0.2) is 11.5 Å². The molecule has 6 heteroatoms. The maximum Gasteiger partial charge on any atom is 0.408 e. The first-order chi connectivity index (χ1) is 11.7. The van der Waals surface area contributed by atoms with Gasteiger partial charge < -0.3 is 19.5 Å². The number of allylic oxidation sites excluding steroid dienone is 1. The molecule has 1 atom stereocenters. The third-order valence-electron chi connectivity index (χ3n) is 3.30. The van der Waals surface area contributed by atoms with Crippen LogP contribution >= 0.6 is 0 Å². The number of carbonyl (C=O) groups is 2. The van der Waals surface area contributed by atoms with E-state index in [-0.39, 0.29) is 18.6 Å². The van der Waals surface area contributed by atoms with Gasteiger partial charge in [-0.05, 0) is 38.5 Å². The van der Waals surface area contributed by atoms with Crippen LogP contribution in [0.15, 0.2) is 30.9 Å². The van der Waals surface area contributed by atoms with Crippen molar-refractivity contribution in [3.63, 3.8) is 0 Å². The molecular weight excluding hydrogens is 322 g/mol. The highest BCUT2D eigenvalue weighted by atomic mass is 16.6. The number of amides is 1. The van der Waals surface area contributed by atoms with Gasteiger partial charge in [-0.2, -0.15) is 0 Å². The summed E-state index contributed by atoms with van der Waals surface area (Å²) in [6.45, 7) is 8.91. The van der Waals surface area contributed by atoms with Crippen LogP contribution in [0, 0.1) is 0 Å². The molecule has 0 aliphatic rings. The molecule has 1 aromatic rings. The van der Waals surface area contributed by atoms with Crippen molar-refractivity contribution in [3.05, 3.63) is 36.4 Å². The van der Waals surface area contributed by atoms with Gasteiger partial charge >= 0.3 is 6.09 Å². The largest absolute Gasteiger partial charge is 0.493 e. The second kappa shape index (κ2) is 9.11. The van der Waals surface area contributed by atoms with Crippen LogP contribution in [0.2, 0.25) is 0 Å². The normalized spacial score (nSPS) is 12.0. The lowest BCUT2D eigenvalue weighted by molar-refractivity contribution is -0.118. The summed E-state index contributed by atoms with van der Waals surface area (Å²) < 4.78 is 15.8. The van der Waals surface area contributed by atoms with Crippen LogP contribution in [-0.2, 0) is 9.53 Å². The first-order valence-electron chi connectivity index (χ1n) is 8.04. The molecule has 0 bridgehead atoms. The number of nitrogens with one attached hydrogen (secondary N) is 1. The lowest BCUT2D eigenvalue weighted by atomic mass is 9.99. The first-order valence-corrected chi connectivity index (χ1v) is 8.04. The molecule has 0 aromatic heterocycles. The van der Waals surface area contributed by atoms with Crippen LogP contribution in [-0.4, -0.2) is 31.7 Å². The van der Waals surface area contributed by atoms with Crippen molar-refractivity contribution in [2.24, 2.45) is 0 Å². The molecule has 0 saturated heterocycles. The maximum absolute atomic E-state index is 12.1. The van der Waals surface area contributed by atoms with Gasteiger partial charge in [0.1, 0.15) is 11.4 Å². The number of hydrogen-bond acceptors (Lipinski definition) is 5. The Kier molecular flexibility index (Phi) is 7.48. The zero-order valence-electron chi connectivity index (χ0n) is 15.5. The van der Waals surface area contributed by atoms with E-state index in [1.54, 1.807) is 52.2 Å². The number of Topliss-reactive ketones (excluding diaryl/α,β-unsaturated/α-hetero) is 1. The highest BCUT2D eigenvalue weighted by molar-refractivity contribution is 5.81. The summed E-state index contributed by atoms with van der Waals surface area (Å²) in [4.78, 5) is 24.2. The third-order valence-corrected chi connectivity index (χ3v) is 3.30. The van der Waals surface area contributed by atoms with Crippen LogP contribution in [0.3, 0.4) is 0 Å². The van der Waals surface area contributed by atoms with Crippen molar-refractivity contribution in [3.8, 4) is 11.5 Å². The molecular formula is C19H27NO5. The molecule has 0 spiro atoms. The zero-order chi connectivity index (χ0) is 19.0. The minimum atomic E-state index is -0.628. The second-order valence-corrected chi connectivity index (χ2v) is 6.55. The highest BCUT2D eigenvalue weighted by Crippen LogP contribution is 2.31. The molecule has 1 amide bonds. The lowest BCUT2D eigenvalue weighted by Crippen LogP contribution is -2.35. The molecule has 25 heavy (non-hydrogen) atoms. The molecule has 1 rings (SSSR count). The van der Waals surface area contributed by atoms with E-state index < -0.39 is 17.7 Å². The molecule has 0 fully saturated rings. The van der Waals surface area contributed by atoms with Crippen molar-refractivity contribution in [1.82, 2.24) is 5.32 Å². The van der Waals surface area contributed by atoms with Crippen LogP contribution in [0.4, 0.5) is 4.79 Å². The molecule has 6 nitrogen and oxygen atoms in total. The van der Waals surface area contributed by atoms with Gasteiger partial charge in [-0.25, -0.2) is 4.79 Å². The summed E-state index contributed by atoms with van der Waals surface area (Å²) in [6.07, 6.45) is 1.32. The Morgan fingerprint density at radius 1 is 1.20 bits per heavy atom. The van der Waals surface area contributed by atoms with Gasteiger partial charge in [0.05, 0.1) is 20.3 Å². The number of alkyl carbamates (subject to hydrolysis) is 1. The number of rotatable bonds is 8. The topological polar surface area (TPSA) is 73.9 Å². The fourth-order valence-electron chi connectivity index (χ4n) is 2.24. The van der Waals surface area contributed by atoms with E-state index in [0.717, 1.165) is 5.56 Å². The molecule has 0 heterocycles. The number of methoxy groups -OCH3 is 2. The summed E-state index contributed by atoms with van der Waals surface area (Å²) in [5.41, 5.74) is 0.0955. The average molecular weight is 349 g/mol. The predicted molar refractivity (Wildman–Crippen MR) is 96.1 cm³/mol. The van der Waals surface area contributed by atoms with E-state index in [2.05, 4.69) is 11.9 Å². The number of benzene rings is 1. The maximum atomic E-state index is 12.1. The zero-order valence-corrected chi connectivity index (χ0v) is 15.5. The lowest BCUT2D eigenvalue weighted by Gasteiger charge is -2.24. The Morgan fingerprint density at radius 2 is 1.84 bits per heavy atom. The van der Waals surface area contributed by atoms with Crippen molar-refractivity contribution < 1.29 is 23.8 Å². The third kappa shape index (κ3) is 6.87. The van der Waals surface area contributed by atoms with Gasteiger partial charge in [-0.15, -0.1) is 6.58 Å². The SMILES string of the molecule is C=CCC(=O)C[C@H](NC(=O)OC(C)(C)C)c1ccc(OC)c(OC)c1. The van der Waals surface area contributed by atoms with E-state index in [4.69, 9.17) is 14.2 Å². The minimum absolute atomic E-state index is 0.0363. The Balaban J connectivity index is 3.07. The Labute approximate surface area is 149 Å². The molecule has 1 aromatic carbocycles. The summed E-state index contributed by atoms with van der Waals surface area (Å²) in [7, 11) is 3.07. The summed E-state index contributed by atoms with van der Waals surface area (Å²) in [5.74, 6) is 1.05. The quantitative estimate of drug-likeness (QED) is 0.723. The fraction of sp³-hybridized carbons (Fsp3) is 0.474. The standard InChI is InChI=1S/C19H27NO5/c1-7-8-14(21)12-15(20-18(22)25-19(2,3)4)13-9-10-16(23-5)17(11-13)24-6/h7,9-11,15H,1,8,12H2,2-6H3,(H,20,22)/t15-/m0/s1. The highest BCUT2D eigenvalue weighted by Gasteiger charge is 2.23. The molecule has 0 unspecified atom stereocenters. The molecule has 1 N–H and O–H groups in total. The van der Waals surface area contributed by atoms with Gasteiger partial charge in [-0.3, -0.25) is 4.79 Å². The number of hydrogen-bond donors (Lipinski definition) is 1. The predicted octanol–water partition coefficient (Wildman–Crippen LogP) is 3.80. The molecule has 0 saturated carbocycles. The minimum Gasteiger partial charge on any atom is -0.493 e. The van der Waals surface area contributed by atoms with E-state index >= 15 is 0 Å². The second-order valence-electron chi connectivity index (χ2n) is 6.55. The van der Waals surface area contributed by atoms with Crippen molar-refractivity contribution in [1.29, 1.82) is 0 Å². The smallest absolute Gasteiger partial charge is 0.408 e. The van der Waals surface area contributed by atoms with Gasteiger partial charge in [0.25, 0.3) is 0 Å². The Hall–Kier alpha value is -2.50. The molecule has 138 valence electrons. The van der Waals surface area contributed by atoms with Gasteiger partial charge in [-0.1, -0.05) is 12.1 Å². The Morgan fingerprint density at radius 3 is 2.36 bits per heavy atom. The van der Waals surface area contributed by atoms with Gasteiger partial charge in [0.2, 0.25) is 0 Å². The molecule has 0 aliphatic carbocycles. The number of ether oxygens (including phenoxy) is 3. The number of carbonyl (C=O) groups excluding carboxylic acids is 2. The van der Waals surface area contributed by atoms with Crippen LogP contribution in [0.5, 0.6) is 11.5 Å². The van der Waals surface area contributed by atoms with Crippen LogP contribution in [0.25, 0.3) is 0 Å². The van der Waals surface area contributed by atoms with E-state index in [1.807, 2.05) is 0 Å². The first kappa shape index (κ1) is 20.5. The van der Waals surface area contributed by atoms with Crippen molar-refractivity contribution in [2.75, 3.05) is 14.2 Å². The van der Waals surface area contributed by atoms with Crippen LogP contribution in [0.1, 0.15) is 45.2 Å². The monoisotopic (exact) mass is 349 g/mol. The Bertz CT molecular complexity index is 619. The molecule has 0 radical (unpaired) electrons. The van der Waals surface area contributed by atoms with Crippen molar-refractivity contribution in [2.45, 2.75) is 45.3 Å². The van der Waals surface area contributed by atoms with Crippen LogP contribution < -0.4 is 14.8 Å². The summed E-state index contributed by atoms with van der Waals surface area (Å²) in [5, 5.41) is 2.76. The van der Waals surface area contributed by atoms with E-state index in [0.29, 0.717) is 11.5 Å². The van der Waals surface area contributed by atoms with Gasteiger partial charge in [0, 0.05) is 12.8 Å². The molecule has 0 aliphatic heterocycles. The van der Waals surface area contributed by atoms with E-state index in [9.17, 15) is 9.59 Å². The number of ketones is 1. The van der Waals surface area contributed by atoms with Crippen molar-refractivity contribution >= 4 is 11.9 Å². The average Bonchev–Trinajstić information content (AvgIpc) is 2.52. The van der Waals surface area contributed by atoms with E-state index in [1.165, 1.54) is 7.11 Å². The summed E-state index contributed by atoms with van der Waals surface area (Å²) in [6, 6.07) is 4.71. The summed E-state index contributed by atoms with van der Waals surface area (Å²) >= 11 is 0. The fourth-order valence-corrected chi connectivity index (χ4v) is 2.24.